The minimum absolute atomic E-state index is 0.0175. The Balaban J connectivity index is 0.000000113. The van der Waals surface area contributed by atoms with Gasteiger partial charge in [-0.05, 0) is 60.2 Å². The topological polar surface area (TPSA) is 144 Å². The summed E-state index contributed by atoms with van der Waals surface area (Å²) in [6.45, 7) is 13.3. The lowest BCUT2D eigenvalue weighted by molar-refractivity contribution is -0.138. The number of hydrogen-bond donors (Lipinski definition) is 5. The maximum Gasteiger partial charge on any atom is 0.230 e. The predicted octanol–water partition coefficient (Wildman–Crippen LogP) is 4.15. The number of rotatable bonds is 5. The van der Waals surface area contributed by atoms with Gasteiger partial charge in [0.25, 0.3) is 0 Å². The summed E-state index contributed by atoms with van der Waals surface area (Å²) in [5, 5.41) is 33.8. The van der Waals surface area contributed by atoms with Gasteiger partial charge in [0.1, 0.15) is 0 Å². The van der Waals surface area contributed by atoms with E-state index < -0.39 is 0 Å². The van der Waals surface area contributed by atoms with Gasteiger partial charge in [0.2, 0.25) is 11.8 Å². The molecule has 2 spiro atoms. The lowest BCUT2D eigenvalue weighted by Crippen LogP contribution is -2.32. The predicted molar refractivity (Wildman–Crippen MR) is 205 cm³/mol. The summed E-state index contributed by atoms with van der Waals surface area (Å²) in [4.78, 5) is 27.5. The average molecular weight is 747 g/mol. The molecule has 2 aliphatic carbocycles. The highest BCUT2D eigenvalue weighted by molar-refractivity contribution is 5.82. The standard InChI is InChI=1S/C13H15NO3.C12H13NO2.2C9H17NO/c15-7-10-6-11-8-17-13(14(11)12(10)16)9-4-2-1-3-5-9;14-11-7-6-10-8-15-12(13(10)11)9-4-2-1-3-5-9;2*1-8(2)5-9(8)3-7(4-11)10-6-9/h1-5,10-11,13,15H,6-8H2;1-5,10,12H,6-8H2;2*7,10-11H,3-6H2,1-2H3/t10?,11?,13-;10?,12-;;/m11../s1. The van der Waals surface area contributed by atoms with Crippen molar-refractivity contribution in [3.05, 3.63) is 71.8 Å². The van der Waals surface area contributed by atoms with Gasteiger partial charge >= 0.3 is 0 Å². The van der Waals surface area contributed by atoms with Crippen LogP contribution >= 0.6 is 0 Å². The molecule has 54 heavy (non-hydrogen) atoms. The summed E-state index contributed by atoms with van der Waals surface area (Å²) < 4.78 is 11.4. The summed E-state index contributed by atoms with van der Waals surface area (Å²) in [6, 6.07) is 20.9. The second-order valence-corrected chi connectivity index (χ2v) is 18.3. The Morgan fingerprint density at radius 1 is 0.685 bits per heavy atom. The van der Waals surface area contributed by atoms with Crippen molar-refractivity contribution in [2.45, 2.75) is 109 Å². The van der Waals surface area contributed by atoms with Gasteiger partial charge in [-0.1, -0.05) is 88.4 Å². The molecular weight excluding hydrogens is 684 g/mol. The molecule has 8 aliphatic rings. The third-order valence-electron chi connectivity index (χ3n) is 14.1. The number of amides is 2. The highest BCUT2D eigenvalue weighted by Gasteiger charge is 2.64. The Morgan fingerprint density at radius 3 is 1.56 bits per heavy atom. The van der Waals surface area contributed by atoms with Crippen molar-refractivity contribution in [2.75, 3.05) is 46.1 Å². The molecule has 2 saturated carbocycles. The van der Waals surface area contributed by atoms with E-state index in [0.29, 0.717) is 79.1 Å². The lowest BCUT2D eigenvalue weighted by atomic mass is 9.93. The first-order valence-electron chi connectivity index (χ1n) is 20.1. The monoisotopic (exact) mass is 746 g/mol. The largest absolute Gasteiger partial charge is 0.396 e. The molecule has 8 fully saturated rings. The van der Waals surface area contributed by atoms with Gasteiger partial charge in [-0.2, -0.15) is 0 Å². The minimum Gasteiger partial charge on any atom is -0.396 e. The number of hydrogen-bond acceptors (Lipinski definition) is 9. The molecule has 10 rings (SSSR count). The summed E-state index contributed by atoms with van der Waals surface area (Å²) in [5.74, 6) is 0.00492. The van der Waals surface area contributed by atoms with E-state index in [-0.39, 0.29) is 42.8 Å². The molecule has 0 radical (unpaired) electrons. The van der Waals surface area contributed by atoms with Gasteiger partial charge in [0.05, 0.1) is 51.0 Å². The van der Waals surface area contributed by atoms with Gasteiger partial charge < -0.3 is 45.2 Å². The van der Waals surface area contributed by atoms with Crippen LogP contribution in [0.3, 0.4) is 0 Å². The van der Waals surface area contributed by atoms with Crippen LogP contribution < -0.4 is 10.6 Å². The number of carbonyl (C=O) groups excluding carboxylic acids is 2. The van der Waals surface area contributed by atoms with Crippen LogP contribution in [0.15, 0.2) is 60.7 Å². The minimum atomic E-state index is -0.273. The molecule has 6 saturated heterocycles. The molecule has 2 amide bonds. The molecule has 7 unspecified atom stereocenters. The Bertz CT molecular complexity index is 1570. The normalized spacial score (nSPS) is 37.3. The van der Waals surface area contributed by atoms with Gasteiger partial charge in [-0.3, -0.25) is 9.59 Å². The van der Waals surface area contributed by atoms with Crippen LogP contribution in [0.5, 0.6) is 0 Å². The first-order chi connectivity index (χ1) is 25.9. The van der Waals surface area contributed by atoms with E-state index >= 15 is 0 Å². The fourth-order valence-corrected chi connectivity index (χ4v) is 10.2. The number of nitrogens with zero attached hydrogens (tertiary/aromatic N) is 2. The number of benzene rings is 2. The lowest BCUT2D eigenvalue weighted by Gasteiger charge is -2.23. The van der Waals surface area contributed by atoms with E-state index in [1.807, 2.05) is 65.6 Å². The molecule has 6 heterocycles. The van der Waals surface area contributed by atoms with E-state index in [2.05, 4.69) is 38.3 Å². The third-order valence-corrected chi connectivity index (χ3v) is 14.1. The van der Waals surface area contributed by atoms with E-state index in [0.717, 1.165) is 30.6 Å². The first-order valence-corrected chi connectivity index (χ1v) is 20.1. The van der Waals surface area contributed by atoms with Crippen molar-refractivity contribution in [3.63, 3.8) is 0 Å². The van der Waals surface area contributed by atoms with Gasteiger partial charge in [-0.15, -0.1) is 0 Å². The Morgan fingerprint density at radius 2 is 1.15 bits per heavy atom. The quantitative estimate of drug-likeness (QED) is 0.305. The Labute approximate surface area is 320 Å². The molecule has 9 atom stereocenters. The number of aliphatic hydroxyl groups is 3. The number of aliphatic hydroxyl groups excluding tert-OH is 3. The fraction of sp³-hybridized carbons (Fsp3) is 0.674. The number of ether oxygens (including phenoxy) is 2. The Kier molecular flexibility index (Phi) is 11.3. The number of carbonyl (C=O) groups is 2. The molecule has 5 N–H and O–H groups in total. The second-order valence-electron chi connectivity index (χ2n) is 18.3. The summed E-state index contributed by atoms with van der Waals surface area (Å²) in [7, 11) is 0. The molecule has 6 aliphatic heterocycles. The van der Waals surface area contributed by atoms with Crippen LogP contribution in [0.2, 0.25) is 0 Å². The maximum absolute atomic E-state index is 12.1. The van der Waals surface area contributed by atoms with Crippen LogP contribution in [0.4, 0.5) is 0 Å². The van der Waals surface area contributed by atoms with Crippen LogP contribution in [0, 0.1) is 27.6 Å². The van der Waals surface area contributed by atoms with Gasteiger partial charge in [-0.25, -0.2) is 0 Å². The summed E-state index contributed by atoms with van der Waals surface area (Å²) in [6.07, 6.45) is 6.94. The highest BCUT2D eigenvalue weighted by atomic mass is 16.5. The fourth-order valence-electron chi connectivity index (χ4n) is 10.2. The third kappa shape index (κ3) is 7.62. The van der Waals surface area contributed by atoms with Gasteiger partial charge in [0.15, 0.2) is 12.5 Å². The number of fused-ring (bicyclic) bond motifs is 2. The average Bonchev–Trinajstić information content (AvgIpc) is 3.79. The molecule has 296 valence electrons. The van der Waals surface area contributed by atoms with Crippen LogP contribution in [0.1, 0.15) is 96.2 Å². The van der Waals surface area contributed by atoms with E-state index in [4.69, 9.17) is 24.8 Å². The van der Waals surface area contributed by atoms with Crippen molar-refractivity contribution >= 4 is 11.8 Å². The SMILES string of the molecule is CC1(C)CC12CNC(CO)C2.CC1(C)CC12CNC(CO)C2.O=C1C(CO)CC2CO[C@H](c3ccccc3)N12.O=C1CCC2CO[C@H](c3ccccc3)N12. The van der Waals surface area contributed by atoms with E-state index in [1.165, 1.54) is 25.7 Å². The first kappa shape index (κ1) is 39.3. The van der Waals surface area contributed by atoms with Gasteiger partial charge in [0, 0.05) is 42.7 Å². The van der Waals surface area contributed by atoms with E-state index in [1.54, 1.807) is 4.90 Å². The van der Waals surface area contributed by atoms with Crippen LogP contribution in [-0.4, -0.2) is 107 Å². The zero-order valence-electron chi connectivity index (χ0n) is 32.6. The summed E-state index contributed by atoms with van der Waals surface area (Å²) >= 11 is 0. The van der Waals surface area contributed by atoms with E-state index in [9.17, 15) is 9.59 Å². The highest BCUT2D eigenvalue weighted by Crippen LogP contribution is 2.68. The zero-order valence-corrected chi connectivity index (χ0v) is 32.6. The molecule has 2 aromatic rings. The molecule has 2 aromatic carbocycles. The molecule has 0 bridgehead atoms. The zero-order chi connectivity index (χ0) is 38.3. The number of nitrogens with one attached hydrogen (secondary N) is 2. The Hall–Kier alpha value is -2.90. The second kappa shape index (κ2) is 15.6. The van der Waals surface area contributed by atoms with Crippen molar-refractivity contribution < 1.29 is 34.4 Å². The van der Waals surface area contributed by atoms with Crippen molar-refractivity contribution in [3.8, 4) is 0 Å². The maximum atomic E-state index is 12.1. The summed E-state index contributed by atoms with van der Waals surface area (Å²) in [5.41, 5.74) is 4.23. The van der Waals surface area contributed by atoms with Crippen LogP contribution in [-0.2, 0) is 19.1 Å². The molecule has 0 aromatic heterocycles. The molecular formula is C43H62N4O7. The molecule has 11 nitrogen and oxygen atoms in total. The smallest absolute Gasteiger partial charge is 0.230 e. The molecule has 11 heteroatoms. The van der Waals surface area contributed by atoms with Crippen LogP contribution in [0.25, 0.3) is 0 Å². The van der Waals surface area contributed by atoms with Crippen molar-refractivity contribution in [1.82, 2.24) is 20.4 Å². The van der Waals surface area contributed by atoms with Crippen molar-refractivity contribution in [2.24, 2.45) is 27.6 Å². The van der Waals surface area contributed by atoms with Crippen molar-refractivity contribution in [1.29, 1.82) is 0 Å².